The van der Waals surface area contributed by atoms with Crippen molar-refractivity contribution in [2.75, 3.05) is 25.1 Å². The Morgan fingerprint density at radius 3 is 2.59 bits per heavy atom. The van der Waals surface area contributed by atoms with E-state index < -0.39 is 43.8 Å². The van der Waals surface area contributed by atoms with Crippen LogP contribution in [0.15, 0.2) is 74.2 Å². The fraction of sp³-hybridized carbons (Fsp3) is 0.324. The van der Waals surface area contributed by atoms with E-state index in [1.165, 1.54) is 31.0 Å². The van der Waals surface area contributed by atoms with E-state index in [0.29, 0.717) is 30.0 Å². The van der Waals surface area contributed by atoms with Gasteiger partial charge in [0.05, 0.1) is 32.8 Å². The smallest absolute Gasteiger partial charge is 0.420 e. The maximum atomic E-state index is 16.3. The van der Waals surface area contributed by atoms with Crippen LogP contribution in [0.2, 0.25) is 0 Å². The van der Waals surface area contributed by atoms with Gasteiger partial charge >= 0.3 is 11.8 Å². The molecule has 6 rings (SSSR count). The number of thiazole rings is 1. The van der Waals surface area contributed by atoms with E-state index in [1.54, 1.807) is 49.3 Å². The molecule has 1 aliphatic heterocycles. The molecular weight excluding hydrogens is 676 g/mol. The highest BCUT2D eigenvalue weighted by atomic mass is 32.2. The van der Waals surface area contributed by atoms with E-state index in [-0.39, 0.29) is 30.3 Å². The number of aromatic nitrogens is 2. The van der Waals surface area contributed by atoms with Gasteiger partial charge in [-0.3, -0.25) is 4.57 Å². The molecule has 258 valence electrons. The van der Waals surface area contributed by atoms with Crippen molar-refractivity contribution in [3.8, 4) is 11.5 Å². The van der Waals surface area contributed by atoms with E-state index in [1.807, 2.05) is 18.2 Å². The van der Waals surface area contributed by atoms with Crippen molar-refractivity contribution < 1.29 is 36.2 Å². The van der Waals surface area contributed by atoms with Crippen LogP contribution in [0.3, 0.4) is 0 Å². The maximum absolute atomic E-state index is 16.3. The van der Waals surface area contributed by atoms with E-state index in [0.717, 1.165) is 38.4 Å². The van der Waals surface area contributed by atoms with Crippen molar-refractivity contribution in [1.82, 2.24) is 14.5 Å². The highest BCUT2D eigenvalue weighted by Crippen LogP contribution is 2.34. The number of sulfonamides is 1. The molecule has 0 atom stereocenters. The van der Waals surface area contributed by atoms with Gasteiger partial charge in [-0.05, 0) is 68.1 Å². The molecule has 0 bridgehead atoms. The molecule has 3 aromatic carbocycles. The Morgan fingerprint density at radius 2 is 1.90 bits per heavy atom. The second kappa shape index (κ2) is 13.2. The van der Waals surface area contributed by atoms with Crippen LogP contribution in [-0.2, 0) is 40.8 Å². The van der Waals surface area contributed by atoms with Crippen molar-refractivity contribution in [2.45, 2.75) is 57.3 Å². The molecule has 5 aromatic rings. The summed E-state index contributed by atoms with van der Waals surface area (Å²) < 4.78 is 68.5. The zero-order valence-corrected chi connectivity index (χ0v) is 29.2. The lowest BCUT2D eigenvalue weighted by Crippen LogP contribution is -2.40. The van der Waals surface area contributed by atoms with Crippen LogP contribution in [-0.4, -0.2) is 55.3 Å². The van der Waals surface area contributed by atoms with Gasteiger partial charge < -0.3 is 23.5 Å². The first-order valence-electron chi connectivity index (χ1n) is 15.3. The van der Waals surface area contributed by atoms with E-state index >= 15 is 4.39 Å². The van der Waals surface area contributed by atoms with Crippen molar-refractivity contribution in [1.29, 1.82) is 0 Å². The van der Waals surface area contributed by atoms with Gasteiger partial charge in [-0.1, -0.05) is 18.2 Å². The minimum atomic E-state index is -4.59. The number of anilines is 1. The zero-order chi connectivity index (χ0) is 35.1. The van der Waals surface area contributed by atoms with Crippen LogP contribution >= 0.6 is 11.3 Å². The molecule has 49 heavy (non-hydrogen) atoms. The standard InChI is InChI=1S/C34H35FN4O8S2/c1-34(2,3)47-32(40)37-15-13-21-7-6-8-22(25(21)20-37)18-38-26-11-12-28(29(35)30(26)46-33(38)41)49(42,43)39(31-36-14-16-48-31)19-23-9-10-24(44-4)17-27(23)45-5/h6-12,14,16-17H,13,15,18-20H2,1-5H3. The fourth-order valence-corrected chi connectivity index (χ4v) is 8.06. The number of amides is 1. The van der Waals surface area contributed by atoms with Gasteiger partial charge in [-0.2, -0.15) is 0 Å². The molecule has 1 aliphatic rings. The quantitative estimate of drug-likeness (QED) is 0.182. The highest BCUT2D eigenvalue weighted by molar-refractivity contribution is 7.93. The average Bonchev–Trinajstić information content (AvgIpc) is 3.71. The number of hydrogen-bond acceptors (Lipinski definition) is 10. The summed E-state index contributed by atoms with van der Waals surface area (Å²) in [5.41, 5.74) is 2.02. The van der Waals surface area contributed by atoms with Crippen molar-refractivity contribution >= 4 is 43.7 Å². The Hall–Kier alpha value is -4.89. The third-order valence-corrected chi connectivity index (χ3v) is 10.8. The van der Waals surface area contributed by atoms with Gasteiger partial charge in [0.1, 0.15) is 22.0 Å². The molecule has 0 N–H and O–H groups in total. The summed E-state index contributed by atoms with van der Waals surface area (Å²) in [6.07, 6.45) is 1.60. The van der Waals surface area contributed by atoms with Gasteiger partial charge in [-0.25, -0.2) is 31.7 Å². The van der Waals surface area contributed by atoms with E-state index in [9.17, 15) is 18.0 Å². The number of halogens is 1. The van der Waals surface area contributed by atoms with Gasteiger partial charge in [0.25, 0.3) is 10.0 Å². The Bertz CT molecular complexity index is 2190. The van der Waals surface area contributed by atoms with Crippen LogP contribution in [0.5, 0.6) is 11.5 Å². The molecule has 3 heterocycles. The van der Waals surface area contributed by atoms with Crippen LogP contribution in [0.25, 0.3) is 11.1 Å². The predicted octanol–water partition coefficient (Wildman–Crippen LogP) is 5.94. The molecule has 12 nitrogen and oxygen atoms in total. The molecule has 0 radical (unpaired) electrons. The van der Waals surface area contributed by atoms with Gasteiger partial charge in [0, 0.05) is 36.3 Å². The first-order valence-corrected chi connectivity index (χ1v) is 17.6. The van der Waals surface area contributed by atoms with Crippen molar-refractivity contribution in [3.63, 3.8) is 0 Å². The Balaban J connectivity index is 1.35. The second-order valence-electron chi connectivity index (χ2n) is 12.4. The van der Waals surface area contributed by atoms with Crippen molar-refractivity contribution in [2.24, 2.45) is 0 Å². The molecule has 0 aliphatic carbocycles. The zero-order valence-electron chi connectivity index (χ0n) is 27.6. The molecule has 15 heteroatoms. The fourth-order valence-electron chi connectivity index (χ4n) is 5.73. The molecular formula is C34H35FN4O8S2. The number of methoxy groups -OCH3 is 2. The Kier molecular flexibility index (Phi) is 9.15. The van der Waals surface area contributed by atoms with Crippen LogP contribution in [0.4, 0.5) is 14.3 Å². The largest absolute Gasteiger partial charge is 0.497 e. The third kappa shape index (κ3) is 6.72. The first-order chi connectivity index (χ1) is 23.3. The molecule has 0 unspecified atom stereocenters. The number of oxazole rings is 1. The number of nitrogens with zero attached hydrogens (tertiary/aromatic N) is 4. The van der Waals surface area contributed by atoms with E-state index in [2.05, 4.69) is 4.98 Å². The third-order valence-electron chi connectivity index (χ3n) is 8.10. The molecule has 0 spiro atoms. The minimum absolute atomic E-state index is 0.00517. The van der Waals surface area contributed by atoms with Gasteiger partial charge in [0.2, 0.25) is 0 Å². The average molecular weight is 711 g/mol. The summed E-state index contributed by atoms with van der Waals surface area (Å²) in [6, 6.07) is 13.1. The number of carbonyl (C=O) groups is 1. The summed E-state index contributed by atoms with van der Waals surface area (Å²) in [5.74, 6) is -1.19. The summed E-state index contributed by atoms with van der Waals surface area (Å²) in [6.45, 7) is 5.92. The molecule has 1 amide bonds. The molecule has 0 fully saturated rings. The van der Waals surface area contributed by atoms with Crippen LogP contribution in [0.1, 0.15) is 43.0 Å². The maximum Gasteiger partial charge on any atom is 0.420 e. The lowest BCUT2D eigenvalue weighted by molar-refractivity contribution is 0.0223. The topological polar surface area (TPSA) is 133 Å². The number of carbonyl (C=O) groups excluding carboxylic acids is 1. The van der Waals surface area contributed by atoms with Gasteiger partial charge in [-0.15, -0.1) is 11.3 Å². The number of rotatable bonds is 9. The number of hydrogen-bond donors (Lipinski definition) is 0. The summed E-state index contributed by atoms with van der Waals surface area (Å²) in [4.78, 5) is 31.1. The normalized spacial score (nSPS) is 13.3. The monoisotopic (exact) mass is 710 g/mol. The van der Waals surface area contributed by atoms with Crippen LogP contribution in [0, 0.1) is 5.82 Å². The Morgan fingerprint density at radius 1 is 1.10 bits per heavy atom. The lowest BCUT2D eigenvalue weighted by atomic mass is 9.95. The summed E-state index contributed by atoms with van der Waals surface area (Å²) in [7, 11) is -1.64. The van der Waals surface area contributed by atoms with Crippen LogP contribution < -0.4 is 19.5 Å². The first kappa shape index (κ1) is 34.0. The summed E-state index contributed by atoms with van der Waals surface area (Å²) >= 11 is 1.06. The number of benzene rings is 3. The predicted molar refractivity (Wildman–Crippen MR) is 181 cm³/mol. The van der Waals surface area contributed by atoms with Crippen molar-refractivity contribution in [3.05, 3.63) is 98.7 Å². The minimum Gasteiger partial charge on any atom is -0.497 e. The highest BCUT2D eigenvalue weighted by Gasteiger charge is 2.33. The number of fused-ring (bicyclic) bond motifs is 2. The lowest BCUT2D eigenvalue weighted by Gasteiger charge is -2.32. The molecule has 0 saturated heterocycles. The molecule has 2 aromatic heterocycles. The number of ether oxygens (including phenoxy) is 3. The summed E-state index contributed by atoms with van der Waals surface area (Å²) in [5, 5.41) is 1.71. The Labute approximate surface area is 286 Å². The SMILES string of the molecule is COc1ccc(CN(c2nccs2)S(=O)(=O)c2ccc3c(oc(=O)n3Cc3cccc4c3CN(C(=O)OC(C)(C)C)CC4)c2F)c(OC)c1. The van der Waals surface area contributed by atoms with Gasteiger partial charge in [0.15, 0.2) is 16.5 Å². The molecule has 0 saturated carbocycles. The van der Waals surface area contributed by atoms with E-state index in [4.69, 9.17) is 18.6 Å². The second-order valence-corrected chi connectivity index (χ2v) is 15.1.